The molecule has 2 fully saturated rings. The third-order valence-corrected chi connectivity index (χ3v) is 5.10. The molecule has 1 amide bonds. The van der Waals surface area contributed by atoms with Gasteiger partial charge in [0.1, 0.15) is 11.7 Å². The Hall–Kier alpha value is -1.36. The van der Waals surface area contributed by atoms with Crippen LogP contribution in [0.25, 0.3) is 0 Å². The first-order valence-electron chi connectivity index (χ1n) is 7.36. The second-order valence-corrected chi connectivity index (χ2v) is 6.32. The summed E-state index contributed by atoms with van der Waals surface area (Å²) in [5, 5.41) is 3.16. The first-order chi connectivity index (χ1) is 9.74. The van der Waals surface area contributed by atoms with Crippen molar-refractivity contribution in [3.05, 3.63) is 11.5 Å². The van der Waals surface area contributed by atoms with E-state index in [0.29, 0.717) is 17.6 Å². The van der Waals surface area contributed by atoms with Gasteiger partial charge in [-0.2, -0.15) is 4.98 Å². The van der Waals surface area contributed by atoms with E-state index in [1.54, 1.807) is 6.20 Å². The van der Waals surface area contributed by atoms with Gasteiger partial charge in [-0.15, -0.1) is 0 Å². The first-order valence-corrected chi connectivity index (χ1v) is 7.73. The number of rotatable bonds is 0. The lowest BCUT2D eigenvalue weighted by molar-refractivity contribution is -0.118. The Morgan fingerprint density at radius 2 is 2.10 bits per heavy atom. The number of halogens is 1. The van der Waals surface area contributed by atoms with Gasteiger partial charge < -0.3 is 10.2 Å². The van der Waals surface area contributed by atoms with Gasteiger partial charge in [0.2, 0.25) is 11.2 Å². The van der Waals surface area contributed by atoms with Crippen LogP contribution in [0.5, 0.6) is 0 Å². The predicted octanol–water partition coefficient (Wildman–Crippen LogP) is 2.61. The second kappa shape index (κ2) is 4.58. The van der Waals surface area contributed by atoms with Crippen molar-refractivity contribution in [3.8, 4) is 0 Å². The molecule has 106 valence electrons. The lowest BCUT2D eigenvalue weighted by Crippen LogP contribution is -2.59. The normalized spacial score (nSPS) is 31.9. The molecule has 1 aliphatic carbocycles. The molecule has 1 aromatic heterocycles. The van der Waals surface area contributed by atoms with Crippen LogP contribution in [0.3, 0.4) is 0 Å². The molecule has 20 heavy (non-hydrogen) atoms. The highest BCUT2D eigenvalue weighted by molar-refractivity contribution is 6.28. The number of aromatic nitrogens is 2. The van der Waals surface area contributed by atoms with Gasteiger partial charge in [0, 0.05) is 6.04 Å². The van der Waals surface area contributed by atoms with E-state index >= 15 is 0 Å². The molecule has 1 aromatic rings. The van der Waals surface area contributed by atoms with Crippen molar-refractivity contribution in [2.24, 2.45) is 5.92 Å². The molecule has 3 heterocycles. The number of fused-ring (bicyclic) bond motifs is 5. The Morgan fingerprint density at radius 3 is 3.00 bits per heavy atom. The van der Waals surface area contributed by atoms with Crippen LogP contribution < -0.4 is 10.2 Å². The van der Waals surface area contributed by atoms with Crippen LogP contribution in [0.4, 0.5) is 11.5 Å². The molecule has 2 aliphatic heterocycles. The molecule has 1 N–H and O–H groups in total. The van der Waals surface area contributed by atoms with E-state index < -0.39 is 0 Å². The smallest absolute Gasteiger partial charge is 0.247 e. The molecule has 3 aliphatic rings. The molecule has 5 nitrogen and oxygen atoms in total. The predicted molar refractivity (Wildman–Crippen MR) is 76.9 cm³/mol. The maximum Gasteiger partial charge on any atom is 0.247 e. The molecule has 0 bridgehead atoms. The number of nitrogens with zero attached hydrogens (tertiary/aromatic N) is 3. The van der Waals surface area contributed by atoms with Crippen molar-refractivity contribution in [1.29, 1.82) is 0 Å². The van der Waals surface area contributed by atoms with Crippen LogP contribution in [-0.4, -0.2) is 28.0 Å². The van der Waals surface area contributed by atoms with Gasteiger partial charge in [-0.25, -0.2) is 4.98 Å². The van der Waals surface area contributed by atoms with Crippen molar-refractivity contribution in [2.45, 2.75) is 50.6 Å². The fourth-order valence-electron chi connectivity index (χ4n) is 4.05. The Kier molecular flexibility index (Phi) is 2.84. The van der Waals surface area contributed by atoms with Gasteiger partial charge >= 0.3 is 0 Å². The lowest BCUT2D eigenvalue weighted by atomic mass is 9.75. The summed E-state index contributed by atoms with van der Waals surface area (Å²) < 4.78 is 0. The lowest BCUT2D eigenvalue weighted by Gasteiger charge is -2.50. The van der Waals surface area contributed by atoms with Crippen LogP contribution in [0.2, 0.25) is 5.28 Å². The summed E-state index contributed by atoms with van der Waals surface area (Å²) in [5.74, 6) is 1.58. The number of amides is 1. The zero-order valence-electron chi connectivity index (χ0n) is 11.2. The first kappa shape index (κ1) is 12.4. The fraction of sp³-hybridized carbons (Fsp3) is 0.643. The van der Waals surface area contributed by atoms with Crippen LogP contribution in [0.1, 0.15) is 38.5 Å². The number of hydrogen-bond acceptors (Lipinski definition) is 4. The van der Waals surface area contributed by atoms with Crippen molar-refractivity contribution in [2.75, 3.05) is 10.2 Å². The number of carbonyl (C=O) groups is 1. The minimum atomic E-state index is -0.0900. The molecule has 4 rings (SSSR count). The highest BCUT2D eigenvalue weighted by Gasteiger charge is 2.45. The van der Waals surface area contributed by atoms with E-state index in [-0.39, 0.29) is 17.2 Å². The van der Waals surface area contributed by atoms with Crippen molar-refractivity contribution in [1.82, 2.24) is 9.97 Å². The summed E-state index contributed by atoms with van der Waals surface area (Å²) in [6, 6.07) is 0.339. The highest BCUT2D eigenvalue weighted by Crippen LogP contribution is 2.44. The van der Waals surface area contributed by atoms with E-state index in [1.807, 2.05) is 0 Å². The van der Waals surface area contributed by atoms with Crippen LogP contribution >= 0.6 is 11.6 Å². The molecule has 0 radical (unpaired) electrons. The molecule has 6 heteroatoms. The topological polar surface area (TPSA) is 58.1 Å². The van der Waals surface area contributed by atoms with Crippen molar-refractivity contribution >= 4 is 29.0 Å². The third-order valence-electron chi connectivity index (χ3n) is 4.92. The summed E-state index contributed by atoms with van der Waals surface area (Å²) in [4.78, 5) is 22.9. The Balaban J connectivity index is 1.80. The Labute approximate surface area is 122 Å². The van der Waals surface area contributed by atoms with Gasteiger partial charge in [-0.3, -0.25) is 4.79 Å². The zero-order valence-corrected chi connectivity index (χ0v) is 11.9. The number of piperidine rings is 1. The van der Waals surface area contributed by atoms with Crippen LogP contribution in [0.15, 0.2) is 6.20 Å². The second-order valence-electron chi connectivity index (χ2n) is 5.98. The number of hydrogen-bond donors (Lipinski definition) is 1. The number of nitrogens with one attached hydrogen (secondary N) is 1. The molecule has 1 saturated carbocycles. The van der Waals surface area contributed by atoms with E-state index in [1.165, 1.54) is 19.3 Å². The molecule has 3 unspecified atom stereocenters. The quantitative estimate of drug-likeness (QED) is 0.747. The van der Waals surface area contributed by atoms with E-state index in [0.717, 1.165) is 25.1 Å². The zero-order chi connectivity index (χ0) is 13.7. The Bertz CT molecular complexity index is 564. The largest absolute Gasteiger partial charge is 0.339 e. The standard InChI is InChI=1S/C14H17ClN4O/c15-14-16-7-9-12(18-14)19-10-4-2-1-3-8(10)5-6-11(19)13(20)17-9/h7-8,10-11H,1-6H2,(H,17,20). The SMILES string of the molecule is O=C1Nc2cnc(Cl)nc2N2C1CCC1CCCCC12. The van der Waals surface area contributed by atoms with Gasteiger partial charge in [0.15, 0.2) is 5.82 Å². The average molecular weight is 293 g/mol. The average Bonchev–Trinajstić information content (AvgIpc) is 2.47. The monoisotopic (exact) mass is 292 g/mol. The fourth-order valence-corrected chi connectivity index (χ4v) is 4.18. The summed E-state index contributed by atoms with van der Waals surface area (Å²) in [5.41, 5.74) is 0.696. The Morgan fingerprint density at radius 1 is 1.25 bits per heavy atom. The minimum absolute atomic E-state index is 0.0763. The van der Waals surface area contributed by atoms with Gasteiger partial charge in [-0.05, 0) is 43.2 Å². The van der Waals surface area contributed by atoms with Crippen LogP contribution in [-0.2, 0) is 4.79 Å². The van der Waals surface area contributed by atoms with E-state index in [9.17, 15) is 4.79 Å². The minimum Gasteiger partial charge on any atom is -0.339 e. The molecule has 1 saturated heterocycles. The van der Waals surface area contributed by atoms with Gasteiger partial charge in [-0.1, -0.05) is 12.8 Å². The third kappa shape index (κ3) is 1.79. The molecular formula is C14H17ClN4O. The summed E-state index contributed by atoms with van der Waals surface area (Å²) >= 11 is 5.96. The van der Waals surface area contributed by atoms with E-state index in [2.05, 4.69) is 20.2 Å². The molecular weight excluding hydrogens is 276 g/mol. The summed E-state index contributed by atoms with van der Waals surface area (Å²) in [6.45, 7) is 0. The number of anilines is 2. The summed E-state index contributed by atoms with van der Waals surface area (Å²) in [6.07, 6.45) is 8.63. The van der Waals surface area contributed by atoms with Gasteiger partial charge in [0.05, 0.1) is 6.20 Å². The maximum atomic E-state index is 12.3. The molecule has 0 spiro atoms. The van der Waals surface area contributed by atoms with Gasteiger partial charge in [0.25, 0.3) is 0 Å². The summed E-state index contributed by atoms with van der Waals surface area (Å²) in [7, 11) is 0. The van der Waals surface area contributed by atoms with Crippen LogP contribution in [0, 0.1) is 5.92 Å². The number of carbonyl (C=O) groups excluding carboxylic acids is 1. The highest BCUT2D eigenvalue weighted by atomic mass is 35.5. The van der Waals surface area contributed by atoms with Crippen molar-refractivity contribution in [3.63, 3.8) is 0 Å². The maximum absolute atomic E-state index is 12.3. The van der Waals surface area contributed by atoms with E-state index in [4.69, 9.17) is 11.6 Å². The van der Waals surface area contributed by atoms with Crippen molar-refractivity contribution < 1.29 is 4.79 Å². The molecule has 0 aromatic carbocycles. The molecule has 3 atom stereocenters.